The first-order valence-electron chi connectivity index (χ1n) is 11.6. The average Bonchev–Trinajstić information content (AvgIpc) is 2.88. The van der Waals surface area contributed by atoms with Crippen molar-refractivity contribution < 1.29 is 14.5 Å². The largest absolute Gasteiger partial charge is 0.355 e. The SMILES string of the molecule is CCNC(=O)C(Cc1ccccc1)N(Cc1ccc(Cl)cc1Cl)C(=O)CSCc1ccc([N+](=O)[O-])cc1. The Hall–Kier alpha value is -3.07. The maximum atomic E-state index is 13.6. The van der Waals surface area contributed by atoms with E-state index in [9.17, 15) is 19.7 Å². The summed E-state index contributed by atoms with van der Waals surface area (Å²) in [6.45, 7) is 2.41. The van der Waals surface area contributed by atoms with Gasteiger partial charge in [-0.3, -0.25) is 19.7 Å². The van der Waals surface area contributed by atoms with Gasteiger partial charge < -0.3 is 10.2 Å². The number of rotatable bonds is 12. The standard InChI is InChI=1S/C27H27Cl2N3O4S/c1-2-30-27(34)25(14-19-6-4-3-5-7-19)31(16-21-10-11-22(28)15-24(21)29)26(33)18-37-17-20-8-12-23(13-9-20)32(35)36/h3-13,15,25H,2,14,16-18H2,1H3,(H,30,34). The topological polar surface area (TPSA) is 92.6 Å². The van der Waals surface area contributed by atoms with Crippen molar-refractivity contribution in [2.75, 3.05) is 12.3 Å². The van der Waals surface area contributed by atoms with Crippen molar-refractivity contribution >= 4 is 52.5 Å². The average molecular weight is 561 g/mol. The molecule has 7 nitrogen and oxygen atoms in total. The fourth-order valence-electron chi connectivity index (χ4n) is 3.73. The number of thioether (sulfide) groups is 1. The first-order valence-corrected chi connectivity index (χ1v) is 13.6. The van der Waals surface area contributed by atoms with E-state index in [1.54, 1.807) is 35.2 Å². The third-order valence-electron chi connectivity index (χ3n) is 5.62. The van der Waals surface area contributed by atoms with Crippen molar-refractivity contribution in [3.63, 3.8) is 0 Å². The maximum Gasteiger partial charge on any atom is 0.269 e. The van der Waals surface area contributed by atoms with Gasteiger partial charge in [0.05, 0.1) is 10.7 Å². The summed E-state index contributed by atoms with van der Waals surface area (Å²) in [6, 6.07) is 20.1. The number of nitrogens with zero attached hydrogens (tertiary/aromatic N) is 2. The highest BCUT2D eigenvalue weighted by molar-refractivity contribution is 7.99. The van der Waals surface area contributed by atoms with E-state index >= 15 is 0 Å². The predicted molar refractivity (Wildman–Crippen MR) is 149 cm³/mol. The molecule has 0 fully saturated rings. The second kappa shape index (κ2) is 14.0. The Labute approximate surface area is 230 Å². The number of amides is 2. The summed E-state index contributed by atoms with van der Waals surface area (Å²) in [5.41, 5.74) is 2.49. The van der Waals surface area contributed by atoms with Gasteiger partial charge in [-0.05, 0) is 35.7 Å². The lowest BCUT2D eigenvalue weighted by Gasteiger charge is -2.31. The predicted octanol–water partition coefficient (Wildman–Crippen LogP) is 5.91. The number of likely N-dealkylation sites (N-methyl/N-ethyl adjacent to an activating group) is 1. The zero-order chi connectivity index (χ0) is 26.8. The number of nitro groups is 1. The van der Waals surface area contributed by atoms with Crippen LogP contribution in [-0.2, 0) is 28.3 Å². The van der Waals surface area contributed by atoms with Crippen LogP contribution in [-0.4, -0.2) is 40.0 Å². The first kappa shape index (κ1) is 28.5. The van der Waals surface area contributed by atoms with Crippen LogP contribution in [0.2, 0.25) is 10.0 Å². The Bertz CT molecular complexity index is 1230. The van der Waals surface area contributed by atoms with Gasteiger partial charge in [0, 0.05) is 47.4 Å². The highest BCUT2D eigenvalue weighted by Gasteiger charge is 2.30. The molecule has 194 valence electrons. The van der Waals surface area contributed by atoms with Crippen LogP contribution in [0.15, 0.2) is 72.8 Å². The molecule has 3 rings (SSSR count). The van der Waals surface area contributed by atoms with Crippen molar-refractivity contribution in [3.8, 4) is 0 Å². The van der Waals surface area contributed by atoms with Crippen molar-refractivity contribution in [2.24, 2.45) is 0 Å². The van der Waals surface area contributed by atoms with Gasteiger partial charge in [-0.1, -0.05) is 71.7 Å². The number of benzene rings is 3. The normalized spacial score (nSPS) is 11.5. The van der Waals surface area contributed by atoms with Gasteiger partial charge in [-0.2, -0.15) is 0 Å². The van der Waals surface area contributed by atoms with E-state index in [0.29, 0.717) is 34.3 Å². The number of carbonyl (C=O) groups excluding carboxylic acids is 2. The molecule has 0 bridgehead atoms. The summed E-state index contributed by atoms with van der Waals surface area (Å²) in [5.74, 6) is 0.145. The molecule has 1 N–H and O–H groups in total. The van der Waals surface area contributed by atoms with Gasteiger partial charge in [0.1, 0.15) is 6.04 Å². The molecule has 0 aliphatic carbocycles. The van der Waals surface area contributed by atoms with Crippen LogP contribution >= 0.6 is 35.0 Å². The summed E-state index contributed by atoms with van der Waals surface area (Å²) in [4.78, 5) is 38.7. The molecule has 2 amide bonds. The number of nitro benzene ring substituents is 1. The van der Waals surface area contributed by atoms with Gasteiger partial charge in [0.2, 0.25) is 11.8 Å². The highest BCUT2D eigenvalue weighted by Crippen LogP contribution is 2.25. The number of hydrogen-bond donors (Lipinski definition) is 1. The third kappa shape index (κ3) is 8.49. The van der Waals surface area contributed by atoms with Gasteiger partial charge >= 0.3 is 0 Å². The fourth-order valence-corrected chi connectivity index (χ4v) is 5.07. The number of non-ortho nitro benzene ring substituents is 1. The summed E-state index contributed by atoms with van der Waals surface area (Å²) in [6.07, 6.45) is 0.344. The number of hydrogen-bond acceptors (Lipinski definition) is 5. The van der Waals surface area contributed by atoms with E-state index < -0.39 is 11.0 Å². The van der Waals surface area contributed by atoms with E-state index in [2.05, 4.69) is 5.32 Å². The quantitative estimate of drug-likeness (QED) is 0.220. The minimum atomic E-state index is -0.749. The Morgan fingerprint density at radius 1 is 1.03 bits per heavy atom. The summed E-state index contributed by atoms with van der Waals surface area (Å²) in [7, 11) is 0. The van der Waals surface area contributed by atoms with Crippen molar-refractivity contribution in [2.45, 2.75) is 31.7 Å². The van der Waals surface area contributed by atoms with E-state index in [-0.39, 0.29) is 29.8 Å². The maximum absolute atomic E-state index is 13.6. The molecule has 0 aliphatic rings. The molecule has 0 saturated carbocycles. The van der Waals surface area contributed by atoms with Gasteiger partial charge in [0.15, 0.2) is 0 Å². The Kier molecular flexibility index (Phi) is 10.8. The smallest absolute Gasteiger partial charge is 0.269 e. The van der Waals surface area contributed by atoms with Crippen LogP contribution in [0, 0.1) is 10.1 Å². The third-order valence-corrected chi connectivity index (χ3v) is 7.19. The Balaban J connectivity index is 1.83. The van der Waals surface area contributed by atoms with Crippen molar-refractivity contribution in [1.29, 1.82) is 0 Å². The molecule has 0 heterocycles. The Morgan fingerprint density at radius 2 is 1.73 bits per heavy atom. The molecule has 10 heteroatoms. The zero-order valence-corrected chi connectivity index (χ0v) is 22.6. The van der Waals surface area contributed by atoms with Gasteiger partial charge in [0.25, 0.3) is 5.69 Å². The molecule has 0 radical (unpaired) electrons. The molecule has 3 aromatic carbocycles. The molecule has 1 atom stereocenters. The highest BCUT2D eigenvalue weighted by atomic mass is 35.5. The van der Waals surface area contributed by atoms with E-state index in [1.807, 2.05) is 37.3 Å². The lowest BCUT2D eigenvalue weighted by Crippen LogP contribution is -2.51. The minimum Gasteiger partial charge on any atom is -0.355 e. The monoisotopic (exact) mass is 559 g/mol. The molecule has 37 heavy (non-hydrogen) atoms. The lowest BCUT2D eigenvalue weighted by atomic mass is 10.0. The Morgan fingerprint density at radius 3 is 2.35 bits per heavy atom. The molecule has 3 aromatic rings. The number of halogens is 2. The summed E-state index contributed by atoms with van der Waals surface area (Å²) < 4.78 is 0. The molecular weight excluding hydrogens is 533 g/mol. The van der Waals surface area contributed by atoms with E-state index in [4.69, 9.17) is 23.2 Å². The van der Waals surface area contributed by atoms with E-state index in [0.717, 1.165) is 11.1 Å². The van der Waals surface area contributed by atoms with Crippen LogP contribution in [0.1, 0.15) is 23.6 Å². The van der Waals surface area contributed by atoms with Crippen molar-refractivity contribution in [1.82, 2.24) is 10.2 Å². The van der Waals surface area contributed by atoms with Gasteiger partial charge in [-0.15, -0.1) is 11.8 Å². The fraction of sp³-hybridized carbons (Fsp3) is 0.259. The summed E-state index contributed by atoms with van der Waals surface area (Å²) in [5, 5.41) is 14.6. The van der Waals surface area contributed by atoms with Crippen LogP contribution in [0.4, 0.5) is 5.69 Å². The molecule has 1 unspecified atom stereocenters. The van der Waals surface area contributed by atoms with Gasteiger partial charge in [-0.25, -0.2) is 0 Å². The lowest BCUT2D eigenvalue weighted by molar-refractivity contribution is -0.384. The number of nitrogens with one attached hydrogen (secondary N) is 1. The molecule has 0 aliphatic heterocycles. The van der Waals surface area contributed by atoms with E-state index in [1.165, 1.54) is 23.9 Å². The van der Waals surface area contributed by atoms with Crippen LogP contribution in [0.5, 0.6) is 0 Å². The number of carbonyl (C=O) groups is 2. The molecule has 0 aromatic heterocycles. The van der Waals surface area contributed by atoms with Crippen LogP contribution in [0.25, 0.3) is 0 Å². The molecular formula is C27H27Cl2N3O4S. The minimum absolute atomic E-state index is 0.0153. The van der Waals surface area contributed by atoms with Crippen molar-refractivity contribution in [3.05, 3.63) is 110 Å². The molecule has 0 saturated heterocycles. The molecule has 0 spiro atoms. The zero-order valence-electron chi connectivity index (χ0n) is 20.2. The first-order chi connectivity index (χ1) is 17.8. The second-order valence-electron chi connectivity index (χ2n) is 8.27. The summed E-state index contributed by atoms with van der Waals surface area (Å²) >= 11 is 13.9. The van der Waals surface area contributed by atoms with Crippen LogP contribution < -0.4 is 5.32 Å². The second-order valence-corrected chi connectivity index (χ2v) is 10.1. The van der Waals surface area contributed by atoms with Crippen LogP contribution in [0.3, 0.4) is 0 Å².